The number of carbonyl (C=O) groups excluding carboxylic acids is 1. The molecular weight excluding hydrogens is 405 g/mol. The minimum Gasteiger partial charge on any atom is -0.384 e. The molecule has 5 rings (SSSR count). The Hall–Kier alpha value is -2.85. The highest BCUT2D eigenvalue weighted by Crippen LogP contribution is 2.43. The van der Waals surface area contributed by atoms with E-state index in [1.807, 2.05) is 6.92 Å². The predicted molar refractivity (Wildman–Crippen MR) is 110 cm³/mol. The highest BCUT2D eigenvalue weighted by Gasteiger charge is 2.48. The number of nitrogens with zero attached hydrogens (tertiary/aromatic N) is 5. The van der Waals surface area contributed by atoms with E-state index in [0.717, 1.165) is 12.8 Å². The molecule has 0 aliphatic carbocycles. The van der Waals surface area contributed by atoms with Crippen molar-refractivity contribution in [2.45, 2.75) is 43.9 Å². The molecule has 31 heavy (non-hydrogen) atoms. The lowest BCUT2D eigenvalue weighted by Gasteiger charge is -2.39. The van der Waals surface area contributed by atoms with Crippen LogP contribution in [-0.4, -0.2) is 61.4 Å². The Morgan fingerprint density at radius 2 is 2.23 bits per heavy atom. The molecule has 4 heterocycles. The van der Waals surface area contributed by atoms with E-state index in [1.165, 1.54) is 12.1 Å². The number of hydrogen-bond donors (Lipinski definition) is 0. The first-order chi connectivity index (χ1) is 15.1. The Morgan fingerprint density at radius 1 is 1.35 bits per heavy atom. The van der Waals surface area contributed by atoms with Gasteiger partial charge in [0.2, 0.25) is 0 Å². The molecule has 3 aliphatic heterocycles. The summed E-state index contributed by atoms with van der Waals surface area (Å²) in [4.78, 5) is 26.0. The molecule has 0 radical (unpaired) electrons. The molecule has 0 spiro atoms. The maximum absolute atomic E-state index is 14.1. The van der Waals surface area contributed by atoms with Crippen LogP contribution in [0.5, 0.6) is 0 Å². The summed E-state index contributed by atoms with van der Waals surface area (Å²) in [6.07, 6.45) is 3.34. The summed E-state index contributed by atoms with van der Waals surface area (Å²) in [5.74, 6) is 0.139. The maximum atomic E-state index is 14.1. The Bertz CT molecular complexity index is 1010. The van der Waals surface area contributed by atoms with E-state index in [2.05, 4.69) is 15.1 Å². The molecule has 0 bridgehead atoms. The standard InChI is InChI=1S/C21H24FN5O4/c1-12(10-29-2)19-24-20(31-25-19)17-18-21(28)26(9-14-4-3-7-30-14)16-8-13(22)5-6-15(16)27(18)11-23-17/h5-6,8,11-12,14,17-18H,3-4,7,9-10H2,1-2H3. The zero-order chi connectivity index (χ0) is 21.5. The molecule has 0 N–H and O–H groups in total. The smallest absolute Gasteiger partial charge is 0.254 e. The molecule has 0 saturated carbocycles. The summed E-state index contributed by atoms with van der Waals surface area (Å²) in [6.45, 7) is 3.43. The van der Waals surface area contributed by atoms with Crippen LogP contribution < -0.4 is 9.80 Å². The van der Waals surface area contributed by atoms with Gasteiger partial charge in [-0.2, -0.15) is 4.98 Å². The van der Waals surface area contributed by atoms with Gasteiger partial charge in [-0.3, -0.25) is 9.79 Å². The third kappa shape index (κ3) is 3.49. The zero-order valence-corrected chi connectivity index (χ0v) is 17.4. The van der Waals surface area contributed by atoms with Gasteiger partial charge in [-0.05, 0) is 31.0 Å². The number of amides is 1. The van der Waals surface area contributed by atoms with Crippen molar-refractivity contribution in [3.63, 3.8) is 0 Å². The van der Waals surface area contributed by atoms with Gasteiger partial charge in [0.05, 0.1) is 37.0 Å². The normalized spacial score (nSPS) is 25.8. The third-order valence-corrected chi connectivity index (χ3v) is 5.95. The molecule has 1 fully saturated rings. The van der Waals surface area contributed by atoms with Crippen LogP contribution in [0.25, 0.3) is 0 Å². The molecule has 164 valence electrons. The number of anilines is 2. The van der Waals surface area contributed by atoms with Crippen molar-refractivity contribution < 1.29 is 23.2 Å². The molecule has 10 heteroatoms. The lowest BCUT2D eigenvalue weighted by Crippen LogP contribution is -2.54. The summed E-state index contributed by atoms with van der Waals surface area (Å²) in [6, 6.07) is 3.12. The van der Waals surface area contributed by atoms with Crippen LogP contribution in [0.15, 0.2) is 27.7 Å². The van der Waals surface area contributed by atoms with Gasteiger partial charge < -0.3 is 23.8 Å². The van der Waals surface area contributed by atoms with Gasteiger partial charge in [-0.1, -0.05) is 12.1 Å². The molecule has 2 aromatic rings. The number of methoxy groups -OCH3 is 1. The van der Waals surface area contributed by atoms with Crippen LogP contribution in [0.4, 0.5) is 15.8 Å². The SMILES string of the molecule is COCC(C)c1noc(C2N=CN3c4ccc(F)cc4N(CC4CCCO4)C(=O)C23)n1. The second-order valence-electron chi connectivity index (χ2n) is 8.13. The number of aliphatic imine (C=N–C) groups is 1. The van der Waals surface area contributed by atoms with Crippen molar-refractivity contribution in [1.29, 1.82) is 0 Å². The molecule has 1 aromatic heterocycles. The molecule has 9 nitrogen and oxygen atoms in total. The van der Waals surface area contributed by atoms with Gasteiger partial charge in [0.15, 0.2) is 11.9 Å². The first kappa shape index (κ1) is 20.1. The summed E-state index contributed by atoms with van der Waals surface area (Å²) < 4.78 is 30.4. The zero-order valence-electron chi connectivity index (χ0n) is 17.4. The van der Waals surface area contributed by atoms with E-state index in [9.17, 15) is 9.18 Å². The molecule has 4 unspecified atom stereocenters. The number of benzene rings is 1. The highest BCUT2D eigenvalue weighted by molar-refractivity contribution is 6.11. The third-order valence-electron chi connectivity index (χ3n) is 5.95. The van der Waals surface area contributed by atoms with Crippen molar-refractivity contribution in [2.24, 2.45) is 4.99 Å². The van der Waals surface area contributed by atoms with Crippen molar-refractivity contribution in [1.82, 2.24) is 10.1 Å². The van der Waals surface area contributed by atoms with Gasteiger partial charge in [-0.15, -0.1) is 0 Å². The van der Waals surface area contributed by atoms with Crippen LogP contribution in [0.3, 0.4) is 0 Å². The Balaban J connectivity index is 1.48. The number of halogens is 1. The first-order valence-electron chi connectivity index (χ1n) is 10.4. The molecule has 1 saturated heterocycles. The highest BCUT2D eigenvalue weighted by atomic mass is 19.1. The summed E-state index contributed by atoms with van der Waals surface area (Å²) >= 11 is 0. The average molecular weight is 429 g/mol. The van der Waals surface area contributed by atoms with E-state index < -0.39 is 17.9 Å². The molecule has 1 aromatic carbocycles. The number of aromatic nitrogens is 2. The van der Waals surface area contributed by atoms with Gasteiger partial charge >= 0.3 is 0 Å². The number of ether oxygens (including phenoxy) is 2. The fourth-order valence-corrected chi connectivity index (χ4v) is 4.40. The molecule has 4 atom stereocenters. The van der Waals surface area contributed by atoms with Crippen molar-refractivity contribution in [2.75, 3.05) is 36.7 Å². The second-order valence-corrected chi connectivity index (χ2v) is 8.13. The fourth-order valence-electron chi connectivity index (χ4n) is 4.40. The summed E-state index contributed by atoms with van der Waals surface area (Å²) in [5.41, 5.74) is 1.23. The van der Waals surface area contributed by atoms with Crippen LogP contribution in [0.2, 0.25) is 0 Å². The quantitative estimate of drug-likeness (QED) is 0.696. The minimum atomic E-state index is -0.676. The summed E-state index contributed by atoms with van der Waals surface area (Å²) in [5, 5.41) is 4.05. The fraction of sp³-hybridized carbons (Fsp3) is 0.524. The van der Waals surface area contributed by atoms with E-state index in [0.29, 0.717) is 37.0 Å². The minimum absolute atomic E-state index is 0.0502. The van der Waals surface area contributed by atoms with Crippen LogP contribution in [0, 0.1) is 5.82 Å². The molecular formula is C21H24FN5O4. The van der Waals surface area contributed by atoms with E-state index in [-0.39, 0.29) is 23.8 Å². The van der Waals surface area contributed by atoms with Crippen molar-refractivity contribution in [3.8, 4) is 0 Å². The number of carbonyl (C=O) groups is 1. The van der Waals surface area contributed by atoms with Gasteiger partial charge in [0.25, 0.3) is 11.8 Å². The Kier molecular flexibility index (Phi) is 5.19. The Morgan fingerprint density at radius 3 is 3.00 bits per heavy atom. The monoisotopic (exact) mass is 429 g/mol. The maximum Gasteiger partial charge on any atom is 0.254 e. The number of rotatable bonds is 6. The molecule has 1 amide bonds. The topological polar surface area (TPSA) is 93.3 Å². The van der Waals surface area contributed by atoms with E-state index >= 15 is 0 Å². The Labute approximate surface area is 178 Å². The van der Waals surface area contributed by atoms with Crippen molar-refractivity contribution >= 4 is 23.6 Å². The van der Waals surface area contributed by atoms with E-state index in [1.54, 1.807) is 29.3 Å². The largest absolute Gasteiger partial charge is 0.384 e. The van der Waals surface area contributed by atoms with E-state index in [4.69, 9.17) is 14.0 Å². The molecule has 3 aliphatic rings. The number of hydrogen-bond acceptors (Lipinski definition) is 8. The van der Waals surface area contributed by atoms with Crippen molar-refractivity contribution in [3.05, 3.63) is 35.7 Å². The lowest BCUT2D eigenvalue weighted by molar-refractivity contribution is -0.120. The lowest BCUT2D eigenvalue weighted by atomic mass is 10.0. The first-order valence-corrected chi connectivity index (χ1v) is 10.4. The predicted octanol–water partition coefficient (Wildman–Crippen LogP) is 2.44. The van der Waals surface area contributed by atoms with Crippen LogP contribution in [0.1, 0.15) is 43.4 Å². The average Bonchev–Trinajstić information content (AvgIpc) is 3.51. The van der Waals surface area contributed by atoms with Gasteiger partial charge in [-0.25, -0.2) is 4.39 Å². The van der Waals surface area contributed by atoms with Gasteiger partial charge in [0, 0.05) is 19.6 Å². The number of fused-ring (bicyclic) bond motifs is 3. The van der Waals surface area contributed by atoms with Gasteiger partial charge in [0.1, 0.15) is 11.9 Å². The van der Waals surface area contributed by atoms with Crippen LogP contribution in [-0.2, 0) is 14.3 Å². The summed E-state index contributed by atoms with van der Waals surface area (Å²) in [7, 11) is 1.61. The second kappa shape index (κ2) is 8.01. The van der Waals surface area contributed by atoms with Crippen LogP contribution >= 0.6 is 0 Å².